The molecule has 0 bridgehead atoms. The van der Waals surface area contributed by atoms with Crippen LogP contribution < -0.4 is 0 Å². The Hall–Kier alpha value is -1.58. The van der Waals surface area contributed by atoms with Crippen LogP contribution in [0.15, 0.2) is 23.5 Å². The van der Waals surface area contributed by atoms with Crippen molar-refractivity contribution in [3.05, 3.63) is 23.5 Å². The fraction of sp³-hybridized carbons (Fsp3) is 0.769. The Balaban J connectivity index is 1.57. The maximum absolute atomic E-state index is 11.4. The molecule has 0 unspecified atom stereocenters. The average molecular weight is 415 g/mol. The van der Waals surface area contributed by atoms with Crippen molar-refractivity contribution >= 4 is 12.3 Å². The van der Waals surface area contributed by atoms with Crippen LogP contribution in [-0.2, 0) is 19.1 Å². The highest BCUT2D eigenvalue weighted by Crippen LogP contribution is 2.67. The van der Waals surface area contributed by atoms with Crippen molar-refractivity contribution < 1.29 is 19.1 Å². The summed E-state index contributed by atoms with van der Waals surface area (Å²) in [5.41, 5.74) is 2.01. The molecule has 0 amide bonds. The predicted molar refractivity (Wildman–Crippen MR) is 117 cm³/mol. The predicted octanol–water partition coefficient (Wildman–Crippen LogP) is 5.62. The molecule has 3 fully saturated rings. The Morgan fingerprint density at radius 3 is 2.67 bits per heavy atom. The van der Waals surface area contributed by atoms with Gasteiger partial charge >= 0.3 is 5.97 Å². The molecule has 0 aromatic heterocycles. The van der Waals surface area contributed by atoms with Crippen LogP contribution in [0, 0.1) is 34.5 Å². The van der Waals surface area contributed by atoms with Gasteiger partial charge in [0.05, 0.1) is 6.61 Å². The fourth-order valence-corrected chi connectivity index (χ4v) is 7.93. The van der Waals surface area contributed by atoms with E-state index in [4.69, 9.17) is 9.47 Å². The second-order valence-electron chi connectivity index (χ2n) is 10.5. The molecule has 30 heavy (non-hydrogen) atoms. The third-order valence-corrected chi connectivity index (χ3v) is 9.28. The number of hydrogen-bond donors (Lipinski definition) is 0. The zero-order valence-electron chi connectivity index (χ0n) is 19.1. The number of carbonyl (C=O) groups is 2. The lowest BCUT2D eigenvalue weighted by Crippen LogP contribution is -2.50. The molecule has 0 aliphatic heterocycles. The Morgan fingerprint density at radius 1 is 1.17 bits per heavy atom. The van der Waals surface area contributed by atoms with Gasteiger partial charge in [0.1, 0.15) is 18.1 Å². The van der Waals surface area contributed by atoms with Crippen LogP contribution in [-0.4, -0.2) is 25.0 Å². The maximum Gasteiger partial charge on any atom is 0.302 e. The lowest BCUT2D eigenvalue weighted by atomic mass is 9.47. The SMILES string of the molecule is CCO/C(=C\C=O)[C@H]1CC[C@H]2[C@@H]3CC=C4C[C@H](OC(C)=O)CC[C@]4(C)[C@H]3CC[C@]12C. The molecule has 4 rings (SSSR count). The van der Waals surface area contributed by atoms with Crippen molar-refractivity contribution in [1.29, 1.82) is 0 Å². The first-order valence-electron chi connectivity index (χ1n) is 12.0. The van der Waals surface area contributed by atoms with Crippen LogP contribution in [0.1, 0.15) is 79.1 Å². The fourth-order valence-electron chi connectivity index (χ4n) is 7.93. The molecule has 0 spiro atoms. The third kappa shape index (κ3) is 3.44. The Morgan fingerprint density at radius 2 is 1.97 bits per heavy atom. The van der Waals surface area contributed by atoms with Crippen molar-refractivity contribution in [2.24, 2.45) is 34.5 Å². The highest BCUT2D eigenvalue weighted by atomic mass is 16.5. The van der Waals surface area contributed by atoms with Crippen LogP contribution in [0.2, 0.25) is 0 Å². The molecule has 0 N–H and O–H groups in total. The average Bonchev–Trinajstić information content (AvgIpc) is 3.05. The number of ether oxygens (including phenoxy) is 2. The quantitative estimate of drug-likeness (QED) is 0.193. The lowest BCUT2D eigenvalue weighted by Gasteiger charge is -2.58. The van der Waals surface area contributed by atoms with Crippen LogP contribution in [0.5, 0.6) is 0 Å². The van der Waals surface area contributed by atoms with Crippen LogP contribution in [0.3, 0.4) is 0 Å². The highest BCUT2D eigenvalue weighted by Gasteiger charge is 2.59. The first-order valence-corrected chi connectivity index (χ1v) is 12.0. The minimum Gasteiger partial charge on any atom is -0.498 e. The number of aldehydes is 1. The van der Waals surface area contributed by atoms with Gasteiger partial charge in [0.15, 0.2) is 0 Å². The van der Waals surface area contributed by atoms with Gasteiger partial charge < -0.3 is 9.47 Å². The summed E-state index contributed by atoms with van der Waals surface area (Å²) in [5.74, 6) is 3.25. The van der Waals surface area contributed by atoms with Crippen LogP contribution >= 0.6 is 0 Å². The zero-order valence-corrected chi connectivity index (χ0v) is 19.1. The number of fused-ring (bicyclic) bond motifs is 5. The topological polar surface area (TPSA) is 52.6 Å². The molecule has 4 heteroatoms. The Kier molecular flexibility index (Phi) is 5.89. The molecule has 166 valence electrons. The first-order chi connectivity index (χ1) is 14.3. The molecule has 0 heterocycles. The minimum atomic E-state index is -0.156. The summed E-state index contributed by atoms with van der Waals surface area (Å²) < 4.78 is 11.5. The summed E-state index contributed by atoms with van der Waals surface area (Å²) in [6, 6.07) is 0. The molecular formula is C26H38O4. The van der Waals surface area contributed by atoms with Gasteiger partial charge in [0.2, 0.25) is 0 Å². The summed E-state index contributed by atoms with van der Waals surface area (Å²) in [6.45, 7) is 9.09. The van der Waals surface area contributed by atoms with Gasteiger partial charge in [-0.1, -0.05) is 25.5 Å². The number of esters is 1. The van der Waals surface area contributed by atoms with E-state index in [2.05, 4.69) is 19.9 Å². The molecule has 4 aliphatic rings. The van der Waals surface area contributed by atoms with Gasteiger partial charge in [-0.05, 0) is 80.5 Å². The molecule has 0 aromatic rings. The second-order valence-corrected chi connectivity index (χ2v) is 10.5. The van der Waals surface area contributed by atoms with E-state index in [1.54, 1.807) is 6.08 Å². The Labute approximate surface area is 181 Å². The molecule has 3 saturated carbocycles. The molecule has 4 aliphatic carbocycles. The molecular weight excluding hydrogens is 376 g/mol. The molecule has 0 aromatic carbocycles. The molecule has 0 radical (unpaired) electrons. The van der Waals surface area contributed by atoms with Gasteiger partial charge in [-0.25, -0.2) is 0 Å². The number of hydrogen-bond acceptors (Lipinski definition) is 4. The maximum atomic E-state index is 11.4. The van der Waals surface area contributed by atoms with Crippen LogP contribution in [0.4, 0.5) is 0 Å². The number of rotatable bonds is 5. The first kappa shape index (κ1) is 21.6. The molecule has 7 atom stereocenters. The van der Waals surface area contributed by atoms with E-state index in [-0.39, 0.29) is 22.9 Å². The largest absolute Gasteiger partial charge is 0.498 e. The van der Waals surface area contributed by atoms with E-state index in [1.165, 1.54) is 31.8 Å². The van der Waals surface area contributed by atoms with Gasteiger partial charge in [0.25, 0.3) is 0 Å². The third-order valence-electron chi connectivity index (χ3n) is 9.28. The van der Waals surface area contributed by atoms with Gasteiger partial charge in [-0.2, -0.15) is 0 Å². The summed E-state index contributed by atoms with van der Waals surface area (Å²) in [5, 5.41) is 0. The minimum absolute atomic E-state index is 0.0605. The zero-order chi connectivity index (χ0) is 21.5. The number of carbonyl (C=O) groups excluding carboxylic acids is 2. The summed E-state index contributed by atoms with van der Waals surface area (Å²) in [7, 11) is 0. The van der Waals surface area contributed by atoms with Gasteiger partial charge in [-0.3, -0.25) is 9.59 Å². The highest BCUT2D eigenvalue weighted by molar-refractivity contribution is 5.66. The Bertz CT molecular complexity index is 752. The van der Waals surface area contributed by atoms with Crippen molar-refractivity contribution in [2.45, 2.75) is 85.2 Å². The van der Waals surface area contributed by atoms with Crippen molar-refractivity contribution in [3.63, 3.8) is 0 Å². The normalized spacial score (nSPS) is 43.0. The van der Waals surface area contributed by atoms with E-state index < -0.39 is 0 Å². The standard InChI is InChI=1S/C26H38O4/c1-5-29-24(12-15-27)23-9-8-21-20-7-6-18-16-19(30-17(2)28)10-13-25(18,3)22(20)11-14-26(21,23)4/h6,12,15,19-23H,5,7-11,13-14,16H2,1-4H3/b24-12-/t19-,20+,21+,22+,23-,25+,26+/m1/s1. The molecule has 0 saturated heterocycles. The summed E-state index contributed by atoms with van der Waals surface area (Å²) in [6.07, 6.45) is 14.1. The van der Waals surface area contributed by atoms with Crippen LogP contribution in [0.25, 0.3) is 0 Å². The monoisotopic (exact) mass is 414 g/mol. The van der Waals surface area contributed by atoms with Crippen molar-refractivity contribution in [2.75, 3.05) is 6.61 Å². The summed E-state index contributed by atoms with van der Waals surface area (Å²) in [4.78, 5) is 22.7. The van der Waals surface area contributed by atoms with E-state index in [1.807, 2.05) is 6.92 Å². The number of allylic oxidation sites excluding steroid dienone is 3. The molecule has 4 nitrogen and oxygen atoms in total. The van der Waals surface area contributed by atoms with Gasteiger partial charge in [-0.15, -0.1) is 0 Å². The lowest BCUT2D eigenvalue weighted by molar-refractivity contribution is -0.148. The van der Waals surface area contributed by atoms with Gasteiger partial charge in [0, 0.05) is 25.3 Å². The van der Waals surface area contributed by atoms with Crippen molar-refractivity contribution in [3.8, 4) is 0 Å². The van der Waals surface area contributed by atoms with E-state index in [9.17, 15) is 9.59 Å². The van der Waals surface area contributed by atoms with E-state index in [0.717, 1.165) is 50.1 Å². The van der Waals surface area contributed by atoms with E-state index >= 15 is 0 Å². The smallest absolute Gasteiger partial charge is 0.302 e. The summed E-state index contributed by atoms with van der Waals surface area (Å²) >= 11 is 0. The van der Waals surface area contributed by atoms with E-state index in [0.29, 0.717) is 24.4 Å². The second kappa shape index (κ2) is 8.16. The van der Waals surface area contributed by atoms with Crippen molar-refractivity contribution in [1.82, 2.24) is 0 Å².